The Balaban J connectivity index is 1.89. The van der Waals surface area contributed by atoms with Crippen LogP contribution in [-0.2, 0) is 16.0 Å². The molecule has 0 atom stereocenters. The molecule has 6 heteroatoms. The highest BCUT2D eigenvalue weighted by Crippen LogP contribution is 2.29. The minimum absolute atomic E-state index is 0.213. The van der Waals surface area contributed by atoms with Gasteiger partial charge in [-0.15, -0.1) is 0 Å². The Kier molecular flexibility index (Phi) is 4.29. The molecule has 24 heavy (non-hydrogen) atoms. The molecule has 0 spiro atoms. The second-order valence-corrected chi connectivity index (χ2v) is 5.32. The summed E-state index contributed by atoms with van der Waals surface area (Å²) < 4.78 is 18.3. The number of pyridine rings is 1. The third-order valence-corrected chi connectivity index (χ3v) is 3.67. The van der Waals surface area contributed by atoms with E-state index in [1.54, 1.807) is 12.3 Å². The monoisotopic (exact) mass is 325 g/mol. The van der Waals surface area contributed by atoms with Crippen LogP contribution in [0.5, 0.6) is 0 Å². The Bertz CT molecular complexity index is 895. The lowest BCUT2D eigenvalue weighted by molar-refractivity contribution is -0.139. The standard InChI is InChI=1S/C18H16FN3O2/c1-24-17(23)8-11-2-4-13(5-3-11)22-18-15-9-12(19)10-16(20)14(15)6-7-21-18/h2-7,9-10H,8,20H2,1H3,(H,21,22). The number of halogens is 1. The first kappa shape index (κ1) is 15.7. The van der Waals surface area contributed by atoms with Gasteiger partial charge in [0.05, 0.1) is 13.5 Å². The zero-order valence-electron chi connectivity index (χ0n) is 13.0. The van der Waals surface area contributed by atoms with Gasteiger partial charge in [-0.2, -0.15) is 0 Å². The Hall–Kier alpha value is -3.15. The van der Waals surface area contributed by atoms with E-state index in [0.29, 0.717) is 16.9 Å². The number of rotatable bonds is 4. The van der Waals surface area contributed by atoms with Gasteiger partial charge in [0.2, 0.25) is 0 Å². The molecule has 0 aliphatic carbocycles. The number of aromatic nitrogens is 1. The number of ether oxygens (including phenoxy) is 1. The summed E-state index contributed by atoms with van der Waals surface area (Å²) in [6.45, 7) is 0. The molecule has 0 radical (unpaired) electrons. The van der Waals surface area contributed by atoms with Crippen LogP contribution < -0.4 is 11.1 Å². The van der Waals surface area contributed by atoms with Gasteiger partial charge >= 0.3 is 5.97 Å². The van der Waals surface area contributed by atoms with E-state index in [1.165, 1.54) is 19.2 Å². The number of hydrogen-bond acceptors (Lipinski definition) is 5. The van der Waals surface area contributed by atoms with Crippen molar-refractivity contribution in [1.82, 2.24) is 4.98 Å². The summed E-state index contributed by atoms with van der Waals surface area (Å²) in [6.07, 6.45) is 1.83. The number of carbonyl (C=O) groups excluding carboxylic acids is 1. The Morgan fingerprint density at radius 3 is 2.67 bits per heavy atom. The second-order valence-electron chi connectivity index (χ2n) is 5.32. The molecule has 0 aliphatic heterocycles. The number of hydrogen-bond donors (Lipinski definition) is 2. The van der Waals surface area contributed by atoms with E-state index < -0.39 is 5.82 Å². The van der Waals surface area contributed by atoms with Crippen LogP contribution in [0, 0.1) is 5.82 Å². The summed E-state index contributed by atoms with van der Waals surface area (Å²) in [5, 5.41) is 4.48. The molecule has 0 fully saturated rings. The largest absolute Gasteiger partial charge is 0.469 e. The third kappa shape index (κ3) is 3.27. The molecular weight excluding hydrogens is 309 g/mol. The maximum Gasteiger partial charge on any atom is 0.309 e. The van der Waals surface area contributed by atoms with E-state index in [9.17, 15) is 9.18 Å². The normalized spacial score (nSPS) is 10.6. The highest BCUT2D eigenvalue weighted by molar-refractivity contribution is 6.00. The molecule has 3 aromatic rings. The van der Waals surface area contributed by atoms with Gasteiger partial charge in [-0.05, 0) is 35.9 Å². The topological polar surface area (TPSA) is 77.2 Å². The lowest BCUT2D eigenvalue weighted by Crippen LogP contribution is -2.04. The number of nitrogens with zero attached hydrogens (tertiary/aromatic N) is 1. The van der Waals surface area contributed by atoms with E-state index in [2.05, 4.69) is 15.0 Å². The molecule has 0 saturated heterocycles. The summed E-state index contributed by atoms with van der Waals surface area (Å²) in [5.41, 5.74) is 7.84. The van der Waals surface area contributed by atoms with Gasteiger partial charge in [-0.1, -0.05) is 12.1 Å². The molecule has 0 unspecified atom stereocenters. The van der Waals surface area contributed by atoms with Gasteiger partial charge in [0.25, 0.3) is 0 Å². The zero-order valence-corrected chi connectivity index (χ0v) is 13.0. The third-order valence-electron chi connectivity index (χ3n) is 3.67. The van der Waals surface area contributed by atoms with Gasteiger partial charge in [-0.3, -0.25) is 4.79 Å². The molecule has 1 heterocycles. The number of nitrogens with one attached hydrogen (secondary N) is 1. The molecule has 3 N–H and O–H groups in total. The van der Waals surface area contributed by atoms with Crippen LogP contribution in [0.1, 0.15) is 5.56 Å². The van der Waals surface area contributed by atoms with Crippen molar-refractivity contribution in [3.8, 4) is 0 Å². The fourth-order valence-corrected chi connectivity index (χ4v) is 2.46. The van der Waals surface area contributed by atoms with Gasteiger partial charge in [0.15, 0.2) is 0 Å². The van der Waals surface area contributed by atoms with E-state index in [-0.39, 0.29) is 12.4 Å². The van der Waals surface area contributed by atoms with Crippen LogP contribution in [-0.4, -0.2) is 18.1 Å². The fraction of sp³-hybridized carbons (Fsp3) is 0.111. The summed E-state index contributed by atoms with van der Waals surface area (Å²) in [5.74, 6) is -0.193. The number of esters is 1. The van der Waals surface area contributed by atoms with Gasteiger partial charge in [0.1, 0.15) is 11.6 Å². The average molecular weight is 325 g/mol. The maximum absolute atomic E-state index is 13.6. The Morgan fingerprint density at radius 1 is 1.21 bits per heavy atom. The van der Waals surface area contributed by atoms with Crippen molar-refractivity contribution in [2.45, 2.75) is 6.42 Å². The number of carbonyl (C=O) groups is 1. The molecule has 1 aromatic heterocycles. The van der Waals surface area contributed by atoms with Crippen molar-refractivity contribution in [3.63, 3.8) is 0 Å². The molecule has 2 aromatic carbocycles. The maximum atomic E-state index is 13.6. The molecule has 0 amide bonds. The van der Waals surface area contributed by atoms with E-state index in [0.717, 1.165) is 16.6 Å². The van der Waals surface area contributed by atoms with E-state index in [4.69, 9.17) is 5.73 Å². The average Bonchev–Trinajstić information content (AvgIpc) is 2.57. The SMILES string of the molecule is COC(=O)Cc1ccc(Nc2nccc3c(N)cc(F)cc23)cc1. The lowest BCUT2D eigenvalue weighted by Gasteiger charge is -2.11. The van der Waals surface area contributed by atoms with E-state index in [1.807, 2.05) is 24.3 Å². The van der Waals surface area contributed by atoms with Crippen molar-refractivity contribution in [2.75, 3.05) is 18.2 Å². The predicted octanol–water partition coefficient (Wildman–Crippen LogP) is 3.42. The minimum Gasteiger partial charge on any atom is -0.469 e. The van der Waals surface area contributed by atoms with Crippen molar-refractivity contribution >= 4 is 33.9 Å². The van der Waals surface area contributed by atoms with Gasteiger partial charge in [-0.25, -0.2) is 9.37 Å². The highest BCUT2D eigenvalue weighted by atomic mass is 19.1. The van der Waals surface area contributed by atoms with Crippen LogP contribution in [0.4, 0.5) is 21.6 Å². The van der Waals surface area contributed by atoms with Crippen LogP contribution in [0.15, 0.2) is 48.7 Å². The first-order valence-corrected chi connectivity index (χ1v) is 7.33. The summed E-state index contributed by atoms with van der Waals surface area (Å²) in [4.78, 5) is 15.5. The number of benzene rings is 2. The number of methoxy groups -OCH3 is 1. The number of fused-ring (bicyclic) bond motifs is 1. The first-order valence-electron chi connectivity index (χ1n) is 7.33. The zero-order chi connectivity index (χ0) is 17.1. The summed E-state index contributed by atoms with van der Waals surface area (Å²) >= 11 is 0. The highest BCUT2D eigenvalue weighted by Gasteiger charge is 2.08. The molecule has 122 valence electrons. The van der Waals surface area contributed by atoms with E-state index >= 15 is 0 Å². The molecular formula is C18H16FN3O2. The van der Waals surface area contributed by atoms with Crippen LogP contribution in [0.2, 0.25) is 0 Å². The predicted molar refractivity (Wildman–Crippen MR) is 91.6 cm³/mol. The number of nitrogens with two attached hydrogens (primary N) is 1. The van der Waals surface area contributed by atoms with Crippen LogP contribution >= 0.6 is 0 Å². The Labute approximate surface area is 138 Å². The lowest BCUT2D eigenvalue weighted by atomic mass is 10.1. The van der Waals surface area contributed by atoms with Gasteiger partial charge < -0.3 is 15.8 Å². The van der Waals surface area contributed by atoms with Crippen LogP contribution in [0.25, 0.3) is 10.8 Å². The quantitative estimate of drug-likeness (QED) is 0.568. The first-order chi connectivity index (χ1) is 11.6. The van der Waals surface area contributed by atoms with Crippen molar-refractivity contribution < 1.29 is 13.9 Å². The number of nitrogen functional groups attached to an aromatic ring is 1. The molecule has 5 nitrogen and oxygen atoms in total. The molecule has 3 rings (SSSR count). The number of anilines is 3. The second kappa shape index (κ2) is 6.54. The summed E-state index contributed by atoms with van der Waals surface area (Å²) in [6, 6.07) is 11.7. The molecule has 0 saturated carbocycles. The van der Waals surface area contributed by atoms with Crippen LogP contribution in [0.3, 0.4) is 0 Å². The van der Waals surface area contributed by atoms with Crippen molar-refractivity contribution in [1.29, 1.82) is 0 Å². The summed E-state index contributed by atoms with van der Waals surface area (Å²) in [7, 11) is 1.36. The minimum atomic E-state index is -0.413. The van der Waals surface area contributed by atoms with Gasteiger partial charge in [0, 0.05) is 28.3 Å². The smallest absolute Gasteiger partial charge is 0.309 e. The Morgan fingerprint density at radius 2 is 1.96 bits per heavy atom. The fourth-order valence-electron chi connectivity index (χ4n) is 2.46. The van der Waals surface area contributed by atoms with Crippen molar-refractivity contribution in [3.05, 3.63) is 60.0 Å². The molecule has 0 aliphatic rings. The molecule has 0 bridgehead atoms. The van der Waals surface area contributed by atoms with Crippen molar-refractivity contribution in [2.24, 2.45) is 0 Å².